The molecule has 1 aromatic heterocycles. The summed E-state index contributed by atoms with van der Waals surface area (Å²) in [6.45, 7) is 3.57. The molecule has 0 unspecified atom stereocenters. The second-order valence-electron chi connectivity index (χ2n) is 5.82. The van der Waals surface area contributed by atoms with Gasteiger partial charge in [-0.2, -0.15) is 0 Å². The van der Waals surface area contributed by atoms with Crippen molar-refractivity contribution in [1.29, 1.82) is 0 Å². The zero-order valence-electron chi connectivity index (χ0n) is 13.4. The molecule has 1 aliphatic heterocycles. The van der Waals surface area contributed by atoms with Crippen LogP contribution in [0.2, 0.25) is 5.02 Å². The molecular weight excluding hydrogens is 328 g/mol. The largest absolute Gasteiger partial charge is 0.392 e. The van der Waals surface area contributed by atoms with E-state index in [0.717, 1.165) is 37.1 Å². The second kappa shape index (κ2) is 7.15. The molecule has 3 rings (SSSR count). The van der Waals surface area contributed by atoms with Crippen LogP contribution in [-0.4, -0.2) is 34.1 Å². The van der Waals surface area contributed by atoms with Gasteiger partial charge in [-0.25, -0.2) is 9.97 Å². The Morgan fingerprint density at radius 2 is 2.12 bits per heavy atom. The number of aliphatic hydroxyl groups is 1. The first-order chi connectivity index (χ1) is 11.6. The van der Waals surface area contributed by atoms with Crippen LogP contribution in [0, 0.1) is 6.92 Å². The number of amides is 1. The standard InChI is InChI=1S/C17H19ClN4O2/c1-11-4-5-12(10-23)8-14(11)20-16(24)15-13(18)9-19-17(21-15)22-6-2-3-7-22/h4-5,8-9,23H,2-3,6-7,10H2,1H3,(H,20,24). The van der Waals surface area contributed by atoms with Crippen LogP contribution in [0.1, 0.15) is 34.5 Å². The van der Waals surface area contributed by atoms with Gasteiger partial charge in [0.25, 0.3) is 5.91 Å². The summed E-state index contributed by atoms with van der Waals surface area (Å²) in [7, 11) is 0. The molecule has 1 aromatic carbocycles. The van der Waals surface area contributed by atoms with Crippen molar-refractivity contribution in [3.05, 3.63) is 46.2 Å². The van der Waals surface area contributed by atoms with E-state index >= 15 is 0 Å². The SMILES string of the molecule is Cc1ccc(CO)cc1NC(=O)c1nc(N2CCCC2)ncc1Cl. The Morgan fingerprint density at radius 1 is 1.38 bits per heavy atom. The topological polar surface area (TPSA) is 78.3 Å². The summed E-state index contributed by atoms with van der Waals surface area (Å²) in [5.74, 6) is 0.143. The molecule has 6 nitrogen and oxygen atoms in total. The number of hydrogen-bond acceptors (Lipinski definition) is 5. The fraction of sp³-hybridized carbons (Fsp3) is 0.353. The summed E-state index contributed by atoms with van der Waals surface area (Å²) in [6, 6.07) is 5.40. The minimum Gasteiger partial charge on any atom is -0.392 e. The molecule has 0 spiro atoms. The molecule has 1 fully saturated rings. The quantitative estimate of drug-likeness (QED) is 0.890. The Kier molecular flexibility index (Phi) is 4.97. The summed E-state index contributed by atoms with van der Waals surface area (Å²) in [4.78, 5) is 23.2. The number of aryl methyl sites for hydroxylation is 1. The normalized spacial score (nSPS) is 14.0. The van der Waals surface area contributed by atoms with Gasteiger partial charge in [-0.15, -0.1) is 0 Å². The van der Waals surface area contributed by atoms with E-state index in [9.17, 15) is 9.90 Å². The average molecular weight is 347 g/mol. The number of nitrogens with one attached hydrogen (secondary N) is 1. The summed E-state index contributed by atoms with van der Waals surface area (Å²) < 4.78 is 0. The number of halogens is 1. The molecule has 0 atom stereocenters. The third kappa shape index (κ3) is 3.49. The van der Waals surface area contributed by atoms with Crippen molar-refractivity contribution < 1.29 is 9.90 Å². The highest BCUT2D eigenvalue weighted by atomic mass is 35.5. The van der Waals surface area contributed by atoms with Crippen molar-refractivity contribution >= 4 is 29.1 Å². The molecule has 0 bridgehead atoms. The Morgan fingerprint density at radius 3 is 2.83 bits per heavy atom. The smallest absolute Gasteiger partial charge is 0.276 e. The lowest BCUT2D eigenvalue weighted by atomic mass is 10.1. The molecule has 2 heterocycles. The maximum absolute atomic E-state index is 12.6. The molecule has 7 heteroatoms. The lowest BCUT2D eigenvalue weighted by Crippen LogP contribution is -2.23. The van der Waals surface area contributed by atoms with E-state index in [0.29, 0.717) is 11.6 Å². The zero-order valence-corrected chi connectivity index (χ0v) is 14.2. The third-order valence-corrected chi connectivity index (χ3v) is 4.34. The first-order valence-corrected chi connectivity index (χ1v) is 8.25. The third-order valence-electron chi connectivity index (χ3n) is 4.07. The van der Waals surface area contributed by atoms with Gasteiger partial charge in [0.2, 0.25) is 5.95 Å². The van der Waals surface area contributed by atoms with Crippen molar-refractivity contribution in [3.8, 4) is 0 Å². The molecule has 24 heavy (non-hydrogen) atoms. The predicted octanol–water partition coefficient (Wildman–Crippen LogP) is 2.78. The number of rotatable bonds is 4. The van der Waals surface area contributed by atoms with Gasteiger partial charge in [0.15, 0.2) is 5.69 Å². The molecule has 0 aliphatic carbocycles. The van der Waals surface area contributed by atoms with Crippen LogP contribution in [0.15, 0.2) is 24.4 Å². The number of anilines is 2. The van der Waals surface area contributed by atoms with Gasteiger partial charge in [-0.05, 0) is 37.0 Å². The highest BCUT2D eigenvalue weighted by molar-refractivity contribution is 6.34. The average Bonchev–Trinajstić information content (AvgIpc) is 3.11. The summed E-state index contributed by atoms with van der Waals surface area (Å²) in [5, 5.41) is 12.3. The molecule has 1 saturated heterocycles. The molecule has 0 radical (unpaired) electrons. The van der Waals surface area contributed by atoms with Crippen LogP contribution in [-0.2, 0) is 6.61 Å². The van der Waals surface area contributed by atoms with E-state index in [1.165, 1.54) is 6.20 Å². The van der Waals surface area contributed by atoms with Gasteiger partial charge in [-0.3, -0.25) is 4.79 Å². The van der Waals surface area contributed by atoms with Crippen LogP contribution < -0.4 is 10.2 Å². The molecule has 0 saturated carbocycles. The first-order valence-electron chi connectivity index (χ1n) is 7.87. The van der Waals surface area contributed by atoms with Gasteiger partial charge in [0.1, 0.15) is 0 Å². The van der Waals surface area contributed by atoms with E-state index < -0.39 is 0 Å². The van der Waals surface area contributed by atoms with Crippen LogP contribution in [0.25, 0.3) is 0 Å². The van der Waals surface area contributed by atoms with Gasteiger partial charge in [0, 0.05) is 18.8 Å². The van der Waals surface area contributed by atoms with Crippen molar-refractivity contribution in [3.63, 3.8) is 0 Å². The highest BCUT2D eigenvalue weighted by Crippen LogP contribution is 2.22. The number of aliphatic hydroxyl groups excluding tert-OH is 1. The molecule has 2 aromatic rings. The molecular formula is C17H19ClN4O2. The van der Waals surface area contributed by atoms with Crippen molar-refractivity contribution in [2.75, 3.05) is 23.3 Å². The Hall–Kier alpha value is -2.18. The van der Waals surface area contributed by atoms with Crippen LogP contribution in [0.3, 0.4) is 0 Å². The van der Waals surface area contributed by atoms with Gasteiger partial charge in [-0.1, -0.05) is 23.7 Å². The highest BCUT2D eigenvalue weighted by Gasteiger charge is 2.20. The first kappa shape index (κ1) is 16.7. The van der Waals surface area contributed by atoms with Crippen LogP contribution >= 0.6 is 11.6 Å². The number of benzene rings is 1. The Bertz CT molecular complexity index is 760. The summed E-state index contributed by atoms with van der Waals surface area (Å²) in [6.07, 6.45) is 3.66. The van der Waals surface area contributed by atoms with E-state index in [2.05, 4.69) is 15.3 Å². The van der Waals surface area contributed by atoms with E-state index in [-0.39, 0.29) is 23.2 Å². The van der Waals surface area contributed by atoms with Crippen LogP contribution in [0.5, 0.6) is 0 Å². The van der Waals surface area contributed by atoms with E-state index in [1.54, 1.807) is 6.07 Å². The lowest BCUT2D eigenvalue weighted by molar-refractivity contribution is 0.102. The number of carbonyl (C=O) groups excluding carboxylic acids is 1. The minimum atomic E-state index is -0.388. The molecule has 1 amide bonds. The summed E-state index contributed by atoms with van der Waals surface area (Å²) in [5.41, 5.74) is 2.40. The van der Waals surface area contributed by atoms with Gasteiger partial charge in [0.05, 0.1) is 17.8 Å². The van der Waals surface area contributed by atoms with Crippen molar-refractivity contribution in [2.45, 2.75) is 26.4 Å². The predicted molar refractivity (Wildman–Crippen MR) is 93.5 cm³/mol. The number of aromatic nitrogens is 2. The fourth-order valence-electron chi connectivity index (χ4n) is 2.67. The fourth-order valence-corrected chi connectivity index (χ4v) is 2.85. The van der Waals surface area contributed by atoms with Crippen molar-refractivity contribution in [2.24, 2.45) is 0 Å². The maximum atomic E-state index is 12.6. The van der Waals surface area contributed by atoms with Crippen molar-refractivity contribution in [1.82, 2.24) is 9.97 Å². The Labute approximate surface area is 145 Å². The van der Waals surface area contributed by atoms with Crippen LogP contribution in [0.4, 0.5) is 11.6 Å². The zero-order chi connectivity index (χ0) is 17.1. The number of carbonyl (C=O) groups is 1. The maximum Gasteiger partial charge on any atom is 0.276 e. The molecule has 126 valence electrons. The number of hydrogen-bond donors (Lipinski definition) is 2. The Balaban J connectivity index is 1.85. The monoisotopic (exact) mass is 346 g/mol. The number of nitrogens with zero attached hydrogens (tertiary/aromatic N) is 3. The van der Waals surface area contributed by atoms with Gasteiger partial charge < -0.3 is 15.3 Å². The van der Waals surface area contributed by atoms with E-state index in [4.69, 9.17) is 11.6 Å². The van der Waals surface area contributed by atoms with E-state index in [1.807, 2.05) is 24.0 Å². The second-order valence-corrected chi connectivity index (χ2v) is 6.23. The minimum absolute atomic E-state index is 0.0868. The van der Waals surface area contributed by atoms with Gasteiger partial charge >= 0.3 is 0 Å². The summed E-state index contributed by atoms with van der Waals surface area (Å²) >= 11 is 6.12. The lowest BCUT2D eigenvalue weighted by Gasteiger charge is -2.16. The molecule has 2 N–H and O–H groups in total. The molecule has 1 aliphatic rings.